The molecule has 0 aliphatic heterocycles. The fourth-order valence-corrected chi connectivity index (χ4v) is 1.45. The minimum absolute atomic E-state index is 0.753. The van der Waals surface area contributed by atoms with Gasteiger partial charge in [-0.05, 0) is 31.7 Å². The summed E-state index contributed by atoms with van der Waals surface area (Å²) >= 11 is 6.04. The van der Waals surface area contributed by atoms with Crippen LogP contribution in [-0.4, -0.2) is 27.2 Å². The number of rotatable bonds is 5. The first-order valence-electron chi connectivity index (χ1n) is 4.91. The molecule has 0 spiro atoms. The van der Waals surface area contributed by atoms with Gasteiger partial charge in [0, 0.05) is 18.1 Å². The number of benzene rings is 1. The monoisotopic (exact) mass is 228 g/mol. The molecule has 0 aliphatic carbocycles. The maximum Gasteiger partial charge on any atom is 0.142 e. The van der Waals surface area contributed by atoms with Crippen molar-refractivity contribution in [1.29, 1.82) is 0 Å². The average Bonchev–Trinajstić information content (AvgIpc) is 2.23. The molecule has 1 rings (SSSR count). The van der Waals surface area contributed by atoms with E-state index in [9.17, 15) is 0 Å². The van der Waals surface area contributed by atoms with Crippen LogP contribution in [0.15, 0.2) is 12.1 Å². The molecule has 1 aromatic rings. The fourth-order valence-electron chi connectivity index (χ4n) is 1.28. The molecule has 1 aromatic carbocycles. The fraction of sp³-hybridized carbons (Fsp3) is 0.455. The Morgan fingerprint density at radius 1 is 1.33 bits per heavy atom. The molecule has 4 heteroatoms. The van der Waals surface area contributed by atoms with Crippen LogP contribution in [-0.2, 0) is 0 Å². The van der Waals surface area contributed by atoms with E-state index in [0.29, 0.717) is 0 Å². The summed E-state index contributed by atoms with van der Waals surface area (Å²) in [4.78, 5) is 0. The largest absolute Gasteiger partial charge is 0.495 e. The summed E-state index contributed by atoms with van der Waals surface area (Å²) in [5.41, 5.74) is 1.95. The topological polar surface area (TPSA) is 33.3 Å². The lowest BCUT2D eigenvalue weighted by atomic mass is 10.2. The van der Waals surface area contributed by atoms with Gasteiger partial charge in [0.15, 0.2) is 0 Å². The van der Waals surface area contributed by atoms with Gasteiger partial charge in [0.05, 0.1) is 12.8 Å². The molecule has 2 N–H and O–H groups in total. The SMILES string of the molecule is CNCCNc1cc(Cl)c(C)cc1OC. The van der Waals surface area contributed by atoms with Crippen LogP contribution in [0.2, 0.25) is 5.02 Å². The van der Waals surface area contributed by atoms with Gasteiger partial charge < -0.3 is 15.4 Å². The van der Waals surface area contributed by atoms with Crippen molar-refractivity contribution in [2.75, 3.05) is 32.6 Å². The van der Waals surface area contributed by atoms with Gasteiger partial charge in [-0.2, -0.15) is 0 Å². The van der Waals surface area contributed by atoms with Crippen LogP contribution in [0.25, 0.3) is 0 Å². The number of ether oxygens (including phenoxy) is 1. The van der Waals surface area contributed by atoms with Crippen LogP contribution in [0.4, 0.5) is 5.69 Å². The Kier molecular flexibility index (Phi) is 4.72. The van der Waals surface area contributed by atoms with Crippen LogP contribution in [0.3, 0.4) is 0 Å². The molecule has 0 aromatic heterocycles. The predicted molar refractivity (Wildman–Crippen MR) is 65.2 cm³/mol. The molecule has 0 amide bonds. The lowest BCUT2D eigenvalue weighted by molar-refractivity contribution is 0.416. The van der Waals surface area contributed by atoms with Crippen molar-refractivity contribution < 1.29 is 4.74 Å². The number of likely N-dealkylation sites (N-methyl/N-ethyl adjacent to an activating group) is 1. The highest BCUT2D eigenvalue weighted by molar-refractivity contribution is 6.31. The zero-order valence-corrected chi connectivity index (χ0v) is 10.1. The van der Waals surface area contributed by atoms with Crippen molar-refractivity contribution in [2.45, 2.75) is 6.92 Å². The van der Waals surface area contributed by atoms with E-state index in [0.717, 1.165) is 35.1 Å². The van der Waals surface area contributed by atoms with E-state index in [1.165, 1.54) is 0 Å². The van der Waals surface area contributed by atoms with Crippen molar-refractivity contribution >= 4 is 17.3 Å². The van der Waals surface area contributed by atoms with Gasteiger partial charge in [0.1, 0.15) is 5.75 Å². The number of anilines is 1. The molecular weight excluding hydrogens is 212 g/mol. The Hall–Kier alpha value is -0.930. The molecule has 0 saturated carbocycles. The van der Waals surface area contributed by atoms with Crippen LogP contribution in [0, 0.1) is 6.92 Å². The minimum Gasteiger partial charge on any atom is -0.495 e. The van der Waals surface area contributed by atoms with Crippen LogP contribution >= 0.6 is 11.6 Å². The number of aryl methyl sites for hydroxylation is 1. The van der Waals surface area contributed by atoms with E-state index in [1.54, 1.807) is 7.11 Å². The number of hydrogen-bond donors (Lipinski definition) is 2. The number of halogens is 1. The number of hydrogen-bond acceptors (Lipinski definition) is 3. The van der Waals surface area contributed by atoms with Gasteiger partial charge in [0.2, 0.25) is 0 Å². The summed E-state index contributed by atoms with van der Waals surface area (Å²) in [6.07, 6.45) is 0. The van der Waals surface area contributed by atoms with Crippen LogP contribution < -0.4 is 15.4 Å². The number of methoxy groups -OCH3 is 1. The smallest absolute Gasteiger partial charge is 0.142 e. The zero-order valence-electron chi connectivity index (χ0n) is 9.36. The maximum absolute atomic E-state index is 6.04. The van der Waals surface area contributed by atoms with Crippen molar-refractivity contribution in [3.63, 3.8) is 0 Å². The molecule has 0 unspecified atom stereocenters. The van der Waals surface area contributed by atoms with Crippen LogP contribution in [0.1, 0.15) is 5.56 Å². The molecule has 0 fully saturated rings. The zero-order chi connectivity index (χ0) is 11.3. The van der Waals surface area contributed by atoms with Crippen molar-refractivity contribution in [3.05, 3.63) is 22.7 Å². The Labute approximate surface area is 95.8 Å². The van der Waals surface area contributed by atoms with E-state index >= 15 is 0 Å². The quantitative estimate of drug-likeness (QED) is 0.759. The first-order valence-corrected chi connectivity index (χ1v) is 5.29. The second kappa shape index (κ2) is 5.83. The van der Waals surface area contributed by atoms with Crippen molar-refractivity contribution in [1.82, 2.24) is 5.32 Å². The lowest BCUT2D eigenvalue weighted by Gasteiger charge is -2.12. The van der Waals surface area contributed by atoms with Gasteiger partial charge in [0.25, 0.3) is 0 Å². The highest BCUT2D eigenvalue weighted by atomic mass is 35.5. The van der Waals surface area contributed by atoms with E-state index in [2.05, 4.69) is 10.6 Å². The first kappa shape index (κ1) is 12.1. The summed E-state index contributed by atoms with van der Waals surface area (Å²) in [7, 11) is 3.58. The molecule has 0 bridgehead atoms. The molecule has 15 heavy (non-hydrogen) atoms. The van der Waals surface area contributed by atoms with Gasteiger partial charge in [-0.1, -0.05) is 11.6 Å². The first-order chi connectivity index (χ1) is 7.19. The molecule has 84 valence electrons. The third kappa shape index (κ3) is 3.29. The molecular formula is C11H17ClN2O. The molecule has 3 nitrogen and oxygen atoms in total. The minimum atomic E-state index is 0.753. The van der Waals surface area contributed by atoms with Gasteiger partial charge in [-0.3, -0.25) is 0 Å². The summed E-state index contributed by atoms with van der Waals surface area (Å²) < 4.78 is 5.27. The number of nitrogens with one attached hydrogen (secondary N) is 2. The van der Waals surface area contributed by atoms with Gasteiger partial charge in [-0.25, -0.2) is 0 Å². The Morgan fingerprint density at radius 2 is 2.07 bits per heavy atom. The highest BCUT2D eigenvalue weighted by Crippen LogP contribution is 2.30. The Morgan fingerprint density at radius 3 is 2.67 bits per heavy atom. The summed E-state index contributed by atoms with van der Waals surface area (Å²) in [6, 6.07) is 3.83. The normalized spacial score (nSPS) is 10.1. The second-order valence-electron chi connectivity index (χ2n) is 3.33. The maximum atomic E-state index is 6.04. The third-order valence-electron chi connectivity index (χ3n) is 2.17. The summed E-state index contributed by atoms with van der Waals surface area (Å²) in [6.45, 7) is 3.70. The predicted octanol–water partition coefficient (Wildman–Crippen LogP) is 2.29. The van der Waals surface area contributed by atoms with Crippen LogP contribution in [0.5, 0.6) is 5.75 Å². The van der Waals surface area contributed by atoms with Crippen molar-refractivity contribution in [2.24, 2.45) is 0 Å². The van der Waals surface area contributed by atoms with Gasteiger partial charge >= 0.3 is 0 Å². The van der Waals surface area contributed by atoms with E-state index < -0.39 is 0 Å². The molecule has 0 aliphatic rings. The molecule has 0 atom stereocenters. The van der Waals surface area contributed by atoms with E-state index in [4.69, 9.17) is 16.3 Å². The van der Waals surface area contributed by atoms with E-state index in [1.807, 2.05) is 26.1 Å². The van der Waals surface area contributed by atoms with E-state index in [-0.39, 0.29) is 0 Å². The summed E-state index contributed by atoms with van der Waals surface area (Å²) in [5.74, 6) is 0.827. The highest BCUT2D eigenvalue weighted by Gasteiger charge is 2.05. The average molecular weight is 229 g/mol. The second-order valence-corrected chi connectivity index (χ2v) is 3.74. The molecule has 0 saturated heterocycles. The van der Waals surface area contributed by atoms with Crippen molar-refractivity contribution in [3.8, 4) is 5.75 Å². The standard InChI is InChI=1S/C11H17ClN2O/c1-8-6-11(15-3)10(7-9(8)12)14-5-4-13-2/h6-7,13-14H,4-5H2,1-3H3. The molecule has 0 radical (unpaired) electrons. The summed E-state index contributed by atoms with van der Waals surface area (Å²) in [5, 5.41) is 7.08. The Balaban J connectivity index is 2.80. The Bertz CT molecular complexity index is 329. The molecule has 0 heterocycles. The van der Waals surface area contributed by atoms with Gasteiger partial charge in [-0.15, -0.1) is 0 Å². The third-order valence-corrected chi connectivity index (χ3v) is 2.58. The lowest BCUT2D eigenvalue weighted by Crippen LogP contribution is -2.18.